The van der Waals surface area contributed by atoms with Gasteiger partial charge in [0.25, 0.3) is 5.69 Å². The van der Waals surface area contributed by atoms with Gasteiger partial charge in [-0.1, -0.05) is 35.5 Å². The number of non-ortho nitro benzene ring substituents is 1. The molecule has 1 aliphatic heterocycles. The van der Waals surface area contributed by atoms with Gasteiger partial charge in [-0.3, -0.25) is 10.1 Å². The third-order valence-corrected chi connectivity index (χ3v) is 3.46. The van der Waals surface area contributed by atoms with E-state index in [0.29, 0.717) is 16.9 Å². The highest BCUT2D eigenvalue weighted by Gasteiger charge is 2.28. The fourth-order valence-corrected chi connectivity index (χ4v) is 2.33. The summed E-state index contributed by atoms with van der Waals surface area (Å²) in [5.41, 5.74) is 1.46. The van der Waals surface area contributed by atoms with Crippen LogP contribution in [0.1, 0.15) is 11.1 Å². The zero-order valence-corrected chi connectivity index (χ0v) is 12.6. The lowest BCUT2D eigenvalue weighted by molar-refractivity contribution is -0.384. The van der Waals surface area contributed by atoms with Gasteiger partial charge in [-0.15, -0.1) is 0 Å². The lowest BCUT2D eigenvalue weighted by Gasteiger charge is -2.05. The summed E-state index contributed by atoms with van der Waals surface area (Å²) < 4.78 is 5.26. The Hall–Kier alpha value is -3.48. The zero-order valence-electron chi connectivity index (χ0n) is 12.6. The molecule has 0 spiro atoms. The first kappa shape index (κ1) is 15.4. The van der Waals surface area contributed by atoms with Crippen LogP contribution in [0, 0.1) is 10.1 Å². The minimum atomic E-state index is -0.623. The minimum absolute atomic E-state index is 0.0915. The van der Waals surface area contributed by atoms with Crippen molar-refractivity contribution in [2.45, 2.75) is 0 Å². The Kier molecular flexibility index (Phi) is 4.07. The van der Waals surface area contributed by atoms with Crippen LogP contribution in [-0.2, 0) is 9.63 Å². The maximum atomic E-state index is 12.0. The second kappa shape index (κ2) is 6.33. The van der Waals surface area contributed by atoms with Gasteiger partial charge in [0.05, 0.1) is 17.6 Å². The predicted octanol–water partition coefficient (Wildman–Crippen LogP) is 2.95. The molecule has 0 aliphatic carbocycles. The van der Waals surface area contributed by atoms with E-state index in [1.54, 1.807) is 30.3 Å². The summed E-state index contributed by atoms with van der Waals surface area (Å²) in [6.45, 7) is 0. The molecule has 0 amide bonds. The number of nitro groups is 1. The van der Waals surface area contributed by atoms with Crippen molar-refractivity contribution in [2.75, 3.05) is 7.11 Å². The van der Waals surface area contributed by atoms with Gasteiger partial charge < -0.3 is 9.57 Å². The molecule has 2 aromatic carbocycles. The fourth-order valence-electron chi connectivity index (χ4n) is 2.33. The van der Waals surface area contributed by atoms with Crippen LogP contribution in [0.4, 0.5) is 5.69 Å². The molecule has 0 unspecified atom stereocenters. The highest BCUT2D eigenvalue weighted by atomic mass is 16.7. The number of oxime groups is 1. The highest BCUT2D eigenvalue weighted by molar-refractivity contribution is 6.31. The Bertz CT molecular complexity index is 886. The molecule has 0 fully saturated rings. The Morgan fingerprint density at radius 1 is 1.21 bits per heavy atom. The van der Waals surface area contributed by atoms with Gasteiger partial charge in [-0.2, -0.15) is 0 Å². The summed E-state index contributed by atoms with van der Waals surface area (Å²) in [6.07, 6.45) is 1.59. The Morgan fingerprint density at radius 2 is 2.00 bits per heavy atom. The number of benzene rings is 2. The third-order valence-electron chi connectivity index (χ3n) is 3.46. The van der Waals surface area contributed by atoms with E-state index >= 15 is 0 Å². The molecule has 0 radical (unpaired) electrons. The molecule has 2 aromatic rings. The lowest BCUT2D eigenvalue weighted by atomic mass is 10.00. The molecule has 0 N–H and O–H groups in total. The fraction of sp³-hybridized carbons (Fsp3) is 0.0588. The van der Waals surface area contributed by atoms with Gasteiger partial charge in [-0.25, -0.2) is 4.79 Å². The van der Waals surface area contributed by atoms with Crippen LogP contribution < -0.4 is 4.74 Å². The average molecular weight is 324 g/mol. The number of hydrogen-bond donors (Lipinski definition) is 0. The first-order valence-corrected chi connectivity index (χ1v) is 6.99. The summed E-state index contributed by atoms with van der Waals surface area (Å²) in [6, 6.07) is 13.0. The second-order valence-corrected chi connectivity index (χ2v) is 4.93. The molecule has 24 heavy (non-hydrogen) atoms. The van der Waals surface area contributed by atoms with Crippen LogP contribution in [0.2, 0.25) is 0 Å². The highest BCUT2D eigenvalue weighted by Crippen LogP contribution is 2.26. The minimum Gasteiger partial charge on any atom is -0.496 e. The van der Waals surface area contributed by atoms with Crippen LogP contribution in [0.25, 0.3) is 6.08 Å². The molecule has 0 aromatic heterocycles. The first-order valence-electron chi connectivity index (χ1n) is 6.99. The molecule has 7 heteroatoms. The second-order valence-electron chi connectivity index (χ2n) is 4.93. The zero-order chi connectivity index (χ0) is 17.1. The van der Waals surface area contributed by atoms with Crippen molar-refractivity contribution in [3.05, 3.63) is 75.3 Å². The molecule has 1 aliphatic rings. The topological polar surface area (TPSA) is 91.0 Å². The van der Waals surface area contributed by atoms with Crippen molar-refractivity contribution in [3.8, 4) is 5.75 Å². The lowest BCUT2D eigenvalue weighted by Crippen LogP contribution is -2.07. The van der Waals surface area contributed by atoms with Gasteiger partial charge in [0, 0.05) is 23.3 Å². The van der Waals surface area contributed by atoms with Gasteiger partial charge in [0.2, 0.25) is 0 Å². The van der Waals surface area contributed by atoms with Crippen LogP contribution in [0.3, 0.4) is 0 Å². The molecule has 0 atom stereocenters. The van der Waals surface area contributed by atoms with Crippen molar-refractivity contribution in [1.82, 2.24) is 0 Å². The normalized spacial score (nSPS) is 15.1. The van der Waals surface area contributed by atoms with Crippen LogP contribution >= 0.6 is 0 Å². The number of carbonyl (C=O) groups is 1. The van der Waals surface area contributed by atoms with E-state index in [2.05, 4.69) is 5.16 Å². The van der Waals surface area contributed by atoms with Gasteiger partial charge >= 0.3 is 5.97 Å². The number of methoxy groups -OCH3 is 1. The molecular formula is C17H12N2O5. The number of para-hydroxylation sites is 1. The molecule has 0 bridgehead atoms. The summed E-state index contributed by atoms with van der Waals surface area (Å²) >= 11 is 0. The van der Waals surface area contributed by atoms with Gasteiger partial charge in [-0.05, 0) is 12.1 Å². The third kappa shape index (κ3) is 2.87. The average Bonchev–Trinajstić information content (AvgIpc) is 2.96. The predicted molar refractivity (Wildman–Crippen MR) is 86.7 cm³/mol. The first-order chi connectivity index (χ1) is 11.6. The largest absolute Gasteiger partial charge is 0.496 e. The van der Waals surface area contributed by atoms with Gasteiger partial charge in [0.15, 0.2) is 0 Å². The molecule has 120 valence electrons. The van der Waals surface area contributed by atoms with Crippen molar-refractivity contribution in [2.24, 2.45) is 5.16 Å². The van der Waals surface area contributed by atoms with Crippen LogP contribution in [0.5, 0.6) is 5.75 Å². The molecular weight excluding hydrogens is 312 g/mol. The maximum absolute atomic E-state index is 12.0. The van der Waals surface area contributed by atoms with Crippen molar-refractivity contribution < 1.29 is 19.3 Å². The maximum Gasteiger partial charge on any atom is 0.368 e. The summed E-state index contributed by atoms with van der Waals surface area (Å²) in [5, 5.41) is 14.7. The van der Waals surface area contributed by atoms with E-state index in [1.807, 2.05) is 6.07 Å². The molecule has 1 heterocycles. The number of nitrogens with zero attached hydrogens (tertiary/aromatic N) is 2. The van der Waals surface area contributed by atoms with Crippen LogP contribution in [0.15, 0.2) is 59.3 Å². The molecule has 7 nitrogen and oxygen atoms in total. The van der Waals surface area contributed by atoms with E-state index in [1.165, 1.54) is 25.3 Å². The molecule has 0 saturated carbocycles. The van der Waals surface area contributed by atoms with Crippen LogP contribution in [-0.4, -0.2) is 23.7 Å². The summed E-state index contributed by atoms with van der Waals surface area (Å²) in [7, 11) is 1.53. The number of carbonyl (C=O) groups excluding carboxylic acids is 1. The number of rotatable bonds is 4. The van der Waals surface area contributed by atoms with Crippen molar-refractivity contribution in [3.63, 3.8) is 0 Å². The Labute approximate surface area is 137 Å². The van der Waals surface area contributed by atoms with E-state index in [0.717, 1.165) is 0 Å². The van der Waals surface area contributed by atoms with Crippen molar-refractivity contribution in [1.29, 1.82) is 0 Å². The van der Waals surface area contributed by atoms with Gasteiger partial charge in [0.1, 0.15) is 11.5 Å². The number of ether oxygens (including phenoxy) is 1. The number of hydrogen-bond acceptors (Lipinski definition) is 6. The smallest absolute Gasteiger partial charge is 0.368 e. The number of nitro benzene ring substituents is 1. The van der Waals surface area contributed by atoms with E-state index < -0.39 is 10.9 Å². The van der Waals surface area contributed by atoms with E-state index in [9.17, 15) is 14.9 Å². The van der Waals surface area contributed by atoms with Crippen molar-refractivity contribution >= 4 is 23.4 Å². The Morgan fingerprint density at radius 3 is 2.75 bits per heavy atom. The Balaban J connectivity index is 2.06. The van der Waals surface area contributed by atoms with E-state index in [4.69, 9.17) is 9.57 Å². The van der Waals surface area contributed by atoms with E-state index in [-0.39, 0.29) is 17.0 Å². The quantitative estimate of drug-likeness (QED) is 0.373. The molecule has 0 saturated heterocycles. The summed E-state index contributed by atoms with van der Waals surface area (Å²) in [5.74, 6) is -0.0366. The SMILES string of the molecule is COc1ccccc1C=C1C(=O)ON=C1c1cccc([N+](=O)[O-])c1. The standard InChI is InChI=1S/C17H12N2O5/c1-23-15-8-3-2-5-11(15)10-14-16(18-24-17(14)20)12-6-4-7-13(9-12)19(21)22/h2-10H,1H3. The summed E-state index contributed by atoms with van der Waals surface area (Å²) in [4.78, 5) is 27.2. The molecule has 3 rings (SSSR count). The monoisotopic (exact) mass is 324 g/mol.